The predicted molar refractivity (Wildman–Crippen MR) is 76.8 cm³/mol. The Morgan fingerprint density at radius 3 is 2.90 bits per heavy atom. The molecule has 0 spiro atoms. The molecule has 21 heavy (non-hydrogen) atoms. The van der Waals surface area contributed by atoms with Gasteiger partial charge in [-0.2, -0.15) is 0 Å². The molecule has 1 aromatic carbocycles. The van der Waals surface area contributed by atoms with Crippen molar-refractivity contribution in [3.63, 3.8) is 0 Å². The average Bonchev–Trinajstić information content (AvgIpc) is 2.46. The number of benzene rings is 1. The van der Waals surface area contributed by atoms with E-state index in [0.717, 1.165) is 11.1 Å². The molecule has 0 atom stereocenters. The van der Waals surface area contributed by atoms with Crippen LogP contribution in [0.2, 0.25) is 0 Å². The lowest BCUT2D eigenvalue weighted by molar-refractivity contribution is -0.384. The molecule has 6 heteroatoms. The van der Waals surface area contributed by atoms with Crippen molar-refractivity contribution in [2.75, 3.05) is 11.4 Å². The van der Waals surface area contributed by atoms with Gasteiger partial charge < -0.3 is 4.90 Å². The molecule has 2 heterocycles. The highest BCUT2D eigenvalue weighted by Gasteiger charge is 2.26. The van der Waals surface area contributed by atoms with E-state index in [-0.39, 0.29) is 11.5 Å². The quantitative estimate of drug-likeness (QED) is 0.629. The maximum atomic E-state index is 13.2. The van der Waals surface area contributed by atoms with Gasteiger partial charge in [0.15, 0.2) is 0 Å². The molecule has 0 unspecified atom stereocenters. The van der Waals surface area contributed by atoms with Crippen LogP contribution < -0.4 is 4.90 Å². The van der Waals surface area contributed by atoms with Crippen molar-refractivity contribution >= 4 is 11.5 Å². The summed E-state index contributed by atoms with van der Waals surface area (Å²) in [5.74, 6) is 0.136. The first kappa shape index (κ1) is 13.5. The smallest absolute Gasteiger partial charge is 0.314 e. The Bertz CT molecular complexity index is 718. The van der Waals surface area contributed by atoms with E-state index >= 15 is 0 Å². The lowest BCUT2D eigenvalue weighted by atomic mass is 9.99. The maximum absolute atomic E-state index is 13.2. The fourth-order valence-electron chi connectivity index (χ4n) is 2.70. The molecule has 108 valence electrons. The summed E-state index contributed by atoms with van der Waals surface area (Å²) >= 11 is 0. The summed E-state index contributed by atoms with van der Waals surface area (Å²) < 4.78 is 13.2. The van der Waals surface area contributed by atoms with Crippen LogP contribution in [0.3, 0.4) is 0 Å². The molecule has 0 N–H and O–H groups in total. The fourth-order valence-corrected chi connectivity index (χ4v) is 2.70. The Labute approximate surface area is 121 Å². The highest BCUT2D eigenvalue weighted by Crippen LogP contribution is 2.32. The minimum atomic E-state index is -0.391. The van der Waals surface area contributed by atoms with Gasteiger partial charge in [-0.1, -0.05) is 6.07 Å². The number of pyridine rings is 1. The third-order valence-corrected chi connectivity index (χ3v) is 3.77. The number of hydrogen-bond donors (Lipinski definition) is 0. The summed E-state index contributed by atoms with van der Waals surface area (Å²) in [6.07, 6.45) is 2.23. The zero-order valence-corrected chi connectivity index (χ0v) is 11.5. The largest absolute Gasteiger partial charge is 0.346 e. The Morgan fingerprint density at radius 1 is 1.33 bits per heavy atom. The van der Waals surface area contributed by atoms with Gasteiger partial charge in [-0.25, -0.2) is 9.37 Å². The summed E-state index contributed by atoms with van der Waals surface area (Å²) in [6, 6.07) is 6.32. The summed E-state index contributed by atoms with van der Waals surface area (Å²) in [6.45, 7) is 2.80. The summed E-state index contributed by atoms with van der Waals surface area (Å²) in [7, 11) is 0. The van der Waals surface area contributed by atoms with Crippen molar-refractivity contribution in [2.24, 2.45) is 0 Å². The molecule has 0 fully saturated rings. The van der Waals surface area contributed by atoms with Crippen molar-refractivity contribution in [3.8, 4) is 0 Å². The number of nitro groups is 1. The second kappa shape index (κ2) is 5.12. The Hall–Kier alpha value is -2.50. The van der Waals surface area contributed by atoms with E-state index < -0.39 is 4.92 Å². The van der Waals surface area contributed by atoms with E-state index in [1.807, 2.05) is 4.90 Å². The zero-order chi connectivity index (χ0) is 15.0. The Balaban J connectivity index is 1.99. The molecular weight excluding hydrogens is 273 g/mol. The van der Waals surface area contributed by atoms with Gasteiger partial charge in [-0.15, -0.1) is 0 Å². The molecule has 1 aromatic heterocycles. The van der Waals surface area contributed by atoms with Gasteiger partial charge in [0.2, 0.25) is 5.82 Å². The minimum Gasteiger partial charge on any atom is -0.346 e. The van der Waals surface area contributed by atoms with Crippen LogP contribution in [0.15, 0.2) is 30.5 Å². The number of fused-ring (bicyclic) bond motifs is 1. The van der Waals surface area contributed by atoms with Crippen LogP contribution in [0.1, 0.15) is 16.7 Å². The van der Waals surface area contributed by atoms with Gasteiger partial charge in [-0.3, -0.25) is 10.1 Å². The number of rotatable bonds is 2. The van der Waals surface area contributed by atoms with Crippen LogP contribution in [0.5, 0.6) is 0 Å². The normalized spacial score (nSPS) is 13.9. The minimum absolute atomic E-state index is 0.0445. The van der Waals surface area contributed by atoms with Crippen LogP contribution in [0.4, 0.5) is 15.9 Å². The molecule has 0 amide bonds. The van der Waals surface area contributed by atoms with E-state index in [1.165, 1.54) is 12.1 Å². The first-order valence-corrected chi connectivity index (χ1v) is 6.68. The third-order valence-electron chi connectivity index (χ3n) is 3.77. The van der Waals surface area contributed by atoms with Crippen LogP contribution in [0, 0.1) is 22.9 Å². The monoisotopic (exact) mass is 287 g/mol. The molecule has 3 rings (SSSR count). The van der Waals surface area contributed by atoms with Crippen molar-refractivity contribution < 1.29 is 9.31 Å². The number of nitrogens with zero attached hydrogens (tertiary/aromatic N) is 3. The van der Waals surface area contributed by atoms with E-state index in [9.17, 15) is 14.5 Å². The molecule has 5 nitrogen and oxygen atoms in total. The molecule has 0 saturated heterocycles. The second-order valence-corrected chi connectivity index (χ2v) is 5.14. The van der Waals surface area contributed by atoms with Gasteiger partial charge >= 0.3 is 5.69 Å². The van der Waals surface area contributed by atoms with Gasteiger partial charge in [0.25, 0.3) is 0 Å². The van der Waals surface area contributed by atoms with Gasteiger partial charge in [-0.05, 0) is 42.7 Å². The molecular formula is C15H14FN3O2. The molecule has 2 aromatic rings. The average molecular weight is 287 g/mol. The third kappa shape index (κ3) is 2.44. The van der Waals surface area contributed by atoms with Gasteiger partial charge in [0.05, 0.1) is 4.92 Å². The van der Waals surface area contributed by atoms with Crippen molar-refractivity contribution in [1.29, 1.82) is 0 Å². The van der Waals surface area contributed by atoms with E-state index in [2.05, 4.69) is 4.98 Å². The van der Waals surface area contributed by atoms with Gasteiger partial charge in [0, 0.05) is 24.8 Å². The maximum Gasteiger partial charge on any atom is 0.314 e. The Kier molecular flexibility index (Phi) is 3.29. The number of aryl methyl sites for hydroxylation is 1. The second-order valence-electron chi connectivity index (χ2n) is 5.14. The number of hydrogen-bond acceptors (Lipinski definition) is 4. The van der Waals surface area contributed by atoms with E-state index in [0.29, 0.717) is 30.9 Å². The zero-order valence-electron chi connectivity index (χ0n) is 11.5. The van der Waals surface area contributed by atoms with Crippen LogP contribution in [-0.4, -0.2) is 16.5 Å². The Morgan fingerprint density at radius 2 is 2.14 bits per heavy atom. The topological polar surface area (TPSA) is 59.3 Å². The van der Waals surface area contributed by atoms with Gasteiger partial charge in [0.1, 0.15) is 5.82 Å². The number of aromatic nitrogens is 1. The molecule has 1 aliphatic rings. The van der Waals surface area contributed by atoms with Crippen LogP contribution in [-0.2, 0) is 13.0 Å². The molecule has 0 radical (unpaired) electrons. The summed E-state index contributed by atoms with van der Waals surface area (Å²) in [4.78, 5) is 16.9. The summed E-state index contributed by atoms with van der Waals surface area (Å²) in [5.41, 5.74) is 2.58. The number of halogens is 1. The predicted octanol–water partition coefficient (Wildman–Crippen LogP) is 3.00. The SMILES string of the molecule is Cc1ccnc(N2CCc3cc(F)ccc3C2)c1[N+](=O)[O-]. The van der Waals surface area contributed by atoms with Crippen molar-refractivity contribution in [3.05, 3.63) is 63.1 Å². The lowest BCUT2D eigenvalue weighted by Crippen LogP contribution is -2.31. The van der Waals surface area contributed by atoms with Crippen LogP contribution >= 0.6 is 0 Å². The van der Waals surface area contributed by atoms with E-state index in [1.54, 1.807) is 25.3 Å². The van der Waals surface area contributed by atoms with Crippen molar-refractivity contribution in [1.82, 2.24) is 4.98 Å². The summed E-state index contributed by atoms with van der Waals surface area (Å²) in [5, 5.41) is 11.3. The number of anilines is 1. The fraction of sp³-hybridized carbons (Fsp3) is 0.267. The highest BCUT2D eigenvalue weighted by molar-refractivity contribution is 5.62. The molecule has 0 saturated carbocycles. The first-order valence-electron chi connectivity index (χ1n) is 6.68. The molecule has 0 aliphatic carbocycles. The standard InChI is InChI=1S/C15H14FN3O2/c1-10-4-6-17-15(14(10)19(20)21)18-7-5-11-8-13(16)3-2-12(11)9-18/h2-4,6,8H,5,7,9H2,1H3. The molecule has 0 bridgehead atoms. The van der Waals surface area contributed by atoms with Crippen LogP contribution in [0.25, 0.3) is 0 Å². The highest BCUT2D eigenvalue weighted by atomic mass is 19.1. The van der Waals surface area contributed by atoms with Crippen molar-refractivity contribution in [2.45, 2.75) is 19.9 Å². The first-order chi connectivity index (χ1) is 10.1. The van der Waals surface area contributed by atoms with E-state index in [4.69, 9.17) is 0 Å². The molecule has 1 aliphatic heterocycles. The lowest BCUT2D eigenvalue weighted by Gasteiger charge is -2.29.